The van der Waals surface area contributed by atoms with E-state index >= 15 is 0 Å². The fourth-order valence-corrected chi connectivity index (χ4v) is 5.14. The smallest absolute Gasteiger partial charge is 0.230 e. The summed E-state index contributed by atoms with van der Waals surface area (Å²) in [6, 6.07) is 8.51. The van der Waals surface area contributed by atoms with Crippen molar-refractivity contribution in [2.75, 3.05) is 5.75 Å². The van der Waals surface area contributed by atoms with Crippen LogP contribution in [0.3, 0.4) is 0 Å². The molecule has 4 rings (SSSR count). The molecule has 1 amide bonds. The second-order valence-electron chi connectivity index (χ2n) is 6.39. The number of hydrogen-bond donors (Lipinski definition) is 1. The Hall–Kier alpha value is -1.60. The number of nitrogens with one attached hydrogen (secondary N) is 1. The molecule has 7 heteroatoms. The molecule has 24 heavy (non-hydrogen) atoms. The largest absolute Gasteiger partial charge is 0.352 e. The number of para-hydroxylation sites is 1. The molecule has 1 aliphatic carbocycles. The summed E-state index contributed by atoms with van der Waals surface area (Å²) in [4.78, 5) is 13.2. The summed E-state index contributed by atoms with van der Waals surface area (Å²) in [6.07, 6.45) is 4.81. The first-order valence-corrected chi connectivity index (χ1v) is 10.2. The van der Waals surface area contributed by atoms with Crippen LogP contribution in [-0.2, 0) is 4.79 Å². The number of carbonyl (C=O) groups is 1. The topological polar surface area (TPSA) is 59.3 Å². The van der Waals surface area contributed by atoms with Crippen LogP contribution in [0.15, 0.2) is 29.4 Å². The summed E-state index contributed by atoms with van der Waals surface area (Å²) in [5.41, 5.74) is 1.10. The van der Waals surface area contributed by atoms with Crippen LogP contribution in [-0.4, -0.2) is 32.3 Å². The maximum atomic E-state index is 12.3. The zero-order valence-corrected chi connectivity index (χ0v) is 15.2. The lowest BCUT2D eigenvalue weighted by atomic mass is 9.86. The van der Waals surface area contributed by atoms with Gasteiger partial charge in [-0.05, 0) is 30.9 Å². The van der Waals surface area contributed by atoms with Crippen LogP contribution in [0.2, 0.25) is 0 Å². The number of fused-ring (bicyclic) bond motifs is 3. The highest BCUT2D eigenvalue weighted by molar-refractivity contribution is 7.99. The molecular weight excluding hydrogens is 340 g/mol. The molecule has 5 nitrogen and oxygen atoms in total. The van der Waals surface area contributed by atoms with E-state index in [1.54, 1.807) is 11.3 Å². The molecule has 1 saturated carbocycles. The lowest BCUT2D eigenvalue weighted by molar-refractivity contribution is -0.119. The van der Waals surface area contributed by atoms with Gasteiger partial charge in [0.2, 0.25) is 10.9 Å². The SMILES string of the molecule is CC1CCCCC1NC(=O)CSc1nnc2sc3ccccc3n12. The van der Waals surface area contributed by atoms with Crippen LogP contribution in [0.4, 0.5) is 0 Å². The fourth-order valence-electron chi connectivity index (χ4n) is 3.36. The number of nitrogens with zero attached hydrogens (tertiary/aromatic N) is 3. The highest BCUT2D eigenvalue weighted by Crippen LogP contribution is 2.29. The summed E-state index contributed by atoms with van der Waals surface area (Å²) >= 11 is 3.08. The first-order chi connectivity index (χ1) is 11.7. The highest BCUT2D eigenvalue weighted by Gasteiger charge is 2.23. The van der Waals surface area contributed by atoms with Gasteiger partial charge in [0.15, 0.2) is 5.16 Å². The number of rotatable bonds is 4. The van der Waals surface area contributed by atoms with E-state index in [2.05, 4.69) is 34.6 Å². The van der Waals surface area contributed by atoms with Gasteiger partial charge in [-0.2, -0.15) is 0 Å². The average Bonchev–Trinajstić information content (AvgIpc) is 3.14. The van der Waals surface area contributed by atoms with Gasteiger partial charge in [-0.25, -0.2) is 0 Å². The van der Waals surface area contributed by atoms with E-state index in [4.69, 9.17) is 0 Å². The molecule has 0 aliphatic heterocycles. The minimum atomic E-state index is 0.0926. The van der Waals surface area contributed by atoms with Crippen molar-refractivity contribution in [1.82, 2.24) is 19.9 Å². The molecule has 2 heterocycles. The first kappa shape index (κ1) is 15.9. The molecule has 1 aliphatic rings. The van der Waals surface area contributed by atoms with Crippen molar-refractivity contribution in [2.24, 2.45) is 5.92 Å². The molecule has 2 unspecified atom stereocenters. The van der Waals surface area contributed by atoms with Gasteiger partial charge in [-0.3, -0.25) is 9.20 Å². The fraction of sp³-hybridized carbons (Fsp3) is 0.471. The molecule has 0 spiro atoms. The molecule has 0 radical (unpaired) electrons. The van der Waals surface area contributed by atoms with E-state index in [0.29, 0.717) is 17.7 Å². The van der Waals surface area contributed by atoms with Gasteiger partial charge in [0.05, 0.1) is 16.0 Å². The van der Waals surface area contributed by atoms with Crippen LogP contribution >= 0.6 is 23.1 Å². The Morgan fingerprint density at radius 2 is 2.17 bits per heavy atom. The van der Waals surface area contributed by atoms with Gasteiger partial charge >= 0.3 is 0 Å². The van der Waals surface area contributed by atoms with Crippen molar-refractivity contribution in [1.29, 1.82) is 0 Å². The van der Waals surface area contributed by atoms with Gasteiger partial charge in [0.1, 0.15) is 0 Å². The van der Waals surface area contributed by atoms with Gasteiger partial charge in [0, 0.05) is 6.04 Å². The maximum Gasteiger partial charge on any atom is 0.230 e. The Morgan fingerprint density at radius 1 is 1.33 bits per heavy atom. The lowest BCUT2D eigenvalue weighted by Crippen LogP contribution is -2.41. The predicted molar refractivity (Wildman–Crippen MR) is 98.7 cm³/mol. The Balaban J connectivity index is 1.45. The number of aromatic nitrogens is 3. The average molecular weight is 361 g/mol. The Morgan fingerprint density at radius 3 is 3.04 bits per heavy atom. The molecule has 0 saturated heterocycles. The van der Waals surface area contributed by atoms with Crippen molar-refractivity contribution >= 4 is 44.2 Å². The number of thioether (sulfide) groups is 1. The monoisotopic (exact) mass is 360 g/mol. The molecule has 3 aromatic rings. The number of hydrogen-bond acceptors (Lipinski definition) is 5. The van der Waals surface area contributed by atoms with Crippen molar-refractivity contribution < 1.29 is 4.79 Å². The zero-order chi connectivity index (χ0) is 16.5. The van der Waals surface area contributed by atoms with Crippen LogP contribution < -0.4 is 5.32 Å². The highest BCUT2D eigenvalue weighted by atomic mass is 32.2. The van der Waals surface area contributed by atoms with Gasteiger partial charge in [0.25, 0.3) is 0 Å². The predicted octanol–water partition coefficient (Wildman–Crippen LogP) is 3.73. The van der Waals surface area contributed by atoms with Gasteiger partial charge < -0.3 is 5.32 Å². The summed E-state index contributed by atoms with van der Waals surface area (Å²) in [7, 11) is 0. The van der Waals surface area contributed by atoms with E-state index in [1.165, 1.54) is 35.7 Å². The van der Waals surface area contributed by atoms with Crippen molar-refractivity contribution in [3.63, 3.8) is 0 Å². The number of benzene rings is 1. The van der Waals surface area contributed by atoms with E-state index in [1.807, 2.05) is 16.5 Å². The second kappa shape index (κ2) is 6.72. The second-order valence-corrected chi connectivity index (χ2v) is 8.35. The molecule has 1 fully saturated rings. The normalized spacial score (nSPS) is 21.4. The summed E-state index contributed by atoms with van der Waals surface area (Å²) < 4.78 is 3.23. The third-order valence-corrected chi connectivity index (χ3v) is 6.64. The van der Waals surface area contributed by atoms with Crippen LogP contribution in [0, 0.1) is 5.92 Å². The Kier molecular flexibility index (Phi) is 4.45. The Bertz CT molecular complexity index is 872. The minimum Gasteiger partial charge on any atom is -0.352 e. The van der Waals surface area contributed by atoms with Crippen LogP contribution in [0.5, 0.6) is 0 Å². The summed E-state index contributed by atoms with van der Waals surface area (Å²) in [5, 5.41) is 12.5. The van der Waals surface area contributed by atoms with Gasteiger partial charge in [-0.1, -0.05) is 55.0 Å². The summed E-state index contributed by atoms with van der Waals surface area (Å²) in [5.74, 6) is 1.05. The first-order valence-electron chi connectivity index (χ1n) is 8.37. The Labute approximate surface area is 148 Å². The van der Waals surface area contributed by atoms with Crippen molar-refractivity contribution in [3.05, 3.63) is 24.3 Å². The van der Waals surface area contributed by atoms with Crippen LogP contribution in [0.25, 0.3) is 15.2 Å². The number of thiazole rings is 1. The van der Waals surface area contributed by atoms with Gasteiger partial charge in [-0.15, -0.1) is 10.2 Å². The molecular formula is C17H20N4OS2. The summed E-state index contributed by atoms with van der Waals surface area (Å²) in [6.45, 7) is 2.23. The standard InChI is InChI=1S/C17H20N4OS2/c1-11-6-2-3-7-12(11)18-15(22)10-23-16-19-20-17-21(16)13-8-4-5-9-14(13)24-17/h4-5,8-9,11-12H,2-3,6-7,10H2,1H3,(H,18,22). The third-order valence-electron chi connectivity index (χ3n) is 4.70. The van der Waals surface area contributed by atoms with Crippen LogP contribution in [0.1, 0.15) is 32.6 Å². The molecule has 1 N–H and O–H groups in total. The van der Waals surface area contributed by atoms with E-state index in [9.17, 15) is 4.79 Å². The molecule has 126 valence electrons. The molecule has 2 aromatic heterocycles. The third kappa shape index (κ3) is 3.02. The minimum absolute atomic E-state index is 0.0926. The number of carbonyl (C=O) groups excluding carboxylic acids is 1. The molecule has 1 aromatic carbocycles. The lowest BCUT2D eigenvalue weighted by Gasteiger charge is -2.29. The maximum absolute atomic E-state index is 12.3. The molecule has 0 bridgehead atoms. The van der Waals surface area contributed by atoms with E-state index in [-0.39, 0.29) is 5.91 Å². The van der Waals surface area contributed by atoms with E-state index in [0.717, 1.165) is 22.1 Å². The van der Waals surface area contributed by atoms with Crippen molar-refractivity contribution in [3.8, 4) is 0 Å². The quantitative estimate of drug-likeness (QED) is 0.720. The number of amides is 1. The molecule has 2 atom stereocenters. The van der Waals surface area contributed by atoms with E-state index < -0.39 is 0 Å². The van der Waals surface area contributed by atoms with Crippen molar-refractivity contribution in [2.45, 2.75) is 43.8 Å². The zero-order valence-electron chi connectivity index (χ0n) is 13.6.